The molecule has 2 aromatic rings. The first kappa shape index (κ1) is 17.3. The smallest absolute Gasteiger partial charge is 0.351 e. The number of halogens is 4. The lowest BCUT2D eigenvalue weighted by atomic mass is 9.88. The predicted octanol–water partition coefficient (Wildman–Crippen LogP) is 4.49. The maximum absolute atomic E-state index is 13.2. The van der Waals surface area contributed by atoms with Gasteiger partial charge in [0.25, 0.3) is 5.91 Å². The van der Waals surface area contributed by atoms with Gasteiger partial charge in [-0.2, -0.15) is 13.2 Å². The molecule has 0 saturated heterocycles. The maximum atomic E-state index is 13.2. The molecule has 1 amide bonds. The summed E-state index contributed by atoms with van der Waals surface area (Å²) in [5.41, 5.74) is 0.209. The van der Waals surface area contributed by atoms with Gasteiger partial charge in [-0.1, -0.05) is 19.1 Å². The average molecular weight is 352 g/mol. The van der Waals surface area contributed by atoms with Crippen LogP contribution in [0.2, 0.25) is 0 Å². The number of carbonyl (C=O) groups is 1. The van der Waals surface area contributed by atoms with Gasteiger partial charge in [-0.05, 0) is 42.2 Å². The Hall–Kier alpha value is -2.57. The molecule has 1 aliphatic carbocycles. The third-order valence-electron chi connectivity index (χ3n) is 4.29. The summed E-state index contributed by atoms with van der Waals surface area (Å²) in [6.07, 6.45) is -1.40. The van der Waals surface area contributed by atoms with E-state index < -0.39 is 23.5 Å². The summed E-state index contributed by atoms with van der Waals surface area (Å²) in [5.74, 6) is -1.27. The van der Waals surface area contributed by atoms with E-state index in [2.05, 4.69) is 10.3 Å². The number of fused-ring (bicyclic) bond motifs is 1. The number of rotatable bonds is 3. The largest absolute Gasteiger partial charge is 0.416 e. The Morgan fingerprint density at radius 1 is 1.32 bits per heavy atom. The Bertz CT molecular complexity index is 877. The number of H-pyrrole nitrogens is 1. The molecule has 3 nitrogen and oxygen atoms in total. The molecular weight excluding hydrogens is 336 g/mol. The topological polar surface area (TPSA) is 44.9 Å². The van der Waals surface area contributed by atoms with Gasteiger partial charge in [-0.15, -0.1) is 0 Å². The minimum Gasteiger partial charge on any atom is -0.351 e. The van der Waals surface area contributed by atoms with Crippen LogP contribution in [0.5, 0.6) is 0 Å². The SMILES string of the molecule is CC1CC=CC(C(F)(F)F)=C1CNC(=O)c1cc2cc(F)ccc2[nH]1. The van der Waals surface area contributed by atoms with Crippen molar-refractivity contribution in [3.05, 3.63) is 59.1 Å². The fourth-order valence-corrected chi connectivity index (χ4v) is 2.95. The van der Waals surface area contributed by atoms with Crippen molar-refractivity contribution in [2.24, 2.45) is 5.92 Å². The highest BCUT2D eigenvalue weighted by Gasteiger charge is 2.36. The molecule has 1 aromatic heterocycles. The van der Waals surface area contributed by atoms with Gasteiger partial charge < -0.3 is 10.3 Å². The number of carbonyl (C=O) groups excluding carboxylic acids is 1. The van der Waals surface area contributed by atoms with Crippen LogP contribution in [0.25, 0.3) is 10.9 Å². The van der Waals surface area contributed by atoms with Gasteiger partial charge >= 0.3 is 6.18 Å². The number of amides is 1. The van der Waals surface area contributed by atoms with Crippen LogP contribution in [0.3, 0.4) is 0 Å². The van der Waals surface area contributed by atoms with Crippen LogP contribution in [0, 0.1) is 11.7 Å². The fourth-order valence-electron chi connectivity index (χ4n) is 2.95. The Morgan fingerprint density at radius 3 is 2.80 bits per heavy atom. The second kappa shape index (κ2) is 6.38. The molecular formula is C18H16F4N2O. The van der Waals surface area contributed by atoms with E-state index in [0.29, 0.717) is 17.3 Å². The molecule has 1 aliphatic rings. The van der Waals surface area contributed by atoms with Crippen LogP contribution in [0.15, 0.2) is 47.6 Å². The van der Waals surface area contributed by atoms with E-state index in [1.54, 1.807) is 6.92 Å². The molecule has 2 N–H and O–H groups in total. The van der Waals surface area contributed by atoms with Gasteiger partial charge in [0.1, 0.15) is 11.5 Å². The van der Waals surface area contributed by atoms with E-state index in [9.17, 15) is 22.4 Å². The molecule has 0 spiro atoms. The Balaban J connectivity index is 1.80. The van der Waals surface area contributed by atoms with Crippen molar-refractivity contribution in [2.45, 2.75) is 19.5 Å². The molecule has 1 aromatic carbocycles. The monoisotopic (exact) mass is 352 g/mol. The second-order valence-electron chi connectivity index (χ2n) is 6.07. The van der Waals surface area contributed by atoms with Gasteiger partial charge in [0.2, 0.25) is 0 Å². The zero-order valence-corrected chi connectivity index (χ0v) is 13.4. The summed E-state index contributed by atoms with van der Waals surface area (Å²) in [6, 6.07) is 5.51. The van der Waals surface area contributed by atoms with E-state index in [1.165, 1.54) is 30.3 Å². The zero-order valence-electron chi connectivity index (χ0n) is 13.4. The van der Waals surface area contributed by atoms with Crippen LogP contribution < -0.4 is 5.32 Å². The molecule has 0 radical (unpaired) electrons. The number of aromatic nitrogens is 1. The van der Waals surface area contributed by atoms with Gasteiger partial charge in [0.15, 0.2) is 0 Å². The molecule has 0 saturated carbocycles. The van der Waals surface area contributed by atoms with E-state index in [-0.39, 0.29) is 23.7 Å². The summed E-state index contributed by atoms with van der Waals surface area (Å²) in [7, 11) is 0. The summed E-state index contributed by atoms with van der Waals surface area (Å²) in [5, 5.41) is 3.04. The molecule has 3 rings (SSSR count). The van der Waals surface area contributed by atoms with Crippen LogP contribution in [-0.2, 0) is 0 Å². The highest BCUT2D eigenvalue weighted by Crippen LogP contribution is 2.35. The Kier molecular flexibility index (Phi) is 4.41. The summed E-state index contributed by atoms with van der Waals surface area (Å²) >= 11 is 0. The van der Waals surface area contributed by atoms with Gasteiger partial charge in [-0.3, -0.25) is 4.79 Å². The highest BCUT2D eigenvalue weighted by molar-refractivity contribution is 5.98. The molecule has 1 unspecified atom stereocenters. The van der Waals surface area contributed by atoms with Crippen LogP contribution in [0.1, 0.15) is 23.8 Å². The molecule has 132 valence electrons. The number of benzene rings is 1. The quantitative estimate of drug-likeness (QED) is 0.786. The van der Waals surface area contributed by atoms with E-state index in [4.69, 9.17) is 0 Å². The fraction of sp³-hybridized carbons (Fsp3) is 0.278. The van der Waals surface area contributed by atoms with Crippen molar-refractivity contribution >= 4 is 16.8 Å². The number of hydrogen-bond acceptors (Lipinski definition) is 1. The van der Waals surface area contributed by atoms with Gasteiger partial charge in [0, 0.05) is 17.4 Å². The van der Waals surface area contributed by atoms with Crippen LogP contribution in [-0.4, -0.2) is 23.6 Å². The van der Waals surface area contributed by atoms with Crippen molar-refractivity contribution in [3.63, 3.8) is 0 Å². The van der Waals surface area contributed by atoms with Gasteiger partial charge in [0.05, 0.1) is 5.57 Å². The Labute approximate surface area is 141 Å². The first-order valence-corrected chi connectivity index (χ1v) is 7.79. The maximum Gasteiger partial charge on any atom is 0.416 e. The van der Waals surface area contributed by atoms with Crippen LogP contribution in [0.4, 0.5) is 17.6 Å². The number of nitrogens with one attached hydrogen (secondary N) is 2. The lowest BCUT2D eigenvalue weighted by molar-refractivity contribution is -0.0898. The first-order valence-electron chi connectivity index (χ1n) is 7.79. The molecule has 0 fully saturated rings. The molecule has 0 aliphatic heterocycles. The summed E-state index contributed by atoms with van der Waals surface area (Å²) in [4.78, 5) is 15.1. The van der Waals surface area contributed by atoms with E-state index >= 15 is 0 Å². The van der Waals surface area contributed by atoms with Crippen molar-refractivity contribution in [2.75, 3.05) is 6.54 Å². The summed E-state index contributed by atoms with van der Waals surface area (Å²) in [6.45, 7) is 1.51. The zero-order chi connectivity index (χ0) is 18.2. The molecule has 25 heavy (non-hydrogen) atoms. The number of allylic oxidation sites excluding steroid dienone is 3. The third-order valence-corrected chi connectivity index (χ3v) is 4.29. The molecule has 7 heteroatoms. The molecule has 0 bridgehead atoms. The van der Waals surface area contributed by atoms with E-state index in [0.717, 1.165) is 6.08 Å². The van der Waals surface area contributed by atoms with Crippen LogP contribution >= 0.6 is 0 Å². The number of aromatic amines is 1. The third kappa shape index (κ3) is 3.60. The number of hydrogen-bond donors (Lipinski definition) is 2. The lowest BCUT2D eigenvalue weighted by Gasteiger charge is -2.24. The average Bonchev–Trinajstić information content (AvgIpc) is 2.95. The second-order valence-corrected chi connectivity index (χ2v) is 6.07. The van der Waals surface area contributed by atoms with Gasteiger partial charge in [-0.25, -0.2) is 4.39 Å². The van der Waals surface area contributed by atoms with Crippen molar-refractivity contribution in [1.29, 1.82) is 0 Å². The Morgan fingerprint density at radius 2 is 2.08 bits per heavy atom. The van der Waals surface area contributed by atoms with Crippen molar-refractivity contribution in [1.82, 2.24) is 10.3 Å². The van der Waals surface area contributed by atoms with E-state index in [1.807, 2.05) is 0 Å². The first-order chi connectivity index (χ1) is 11.8. The standard InChI is InChI=1S/C18H16F4N2O/c1-10-3-2-4-14(18(20,21)22)13(10)9-23-17(25)16-8-11-7-12(19)5-6-15(11)24-16/h2,4-8,10,24H,3,9H2,1H3,(H,23,25). The van der Waals surface area contributed by atoms with Crippen molar-refractivity contribution < 1.29 is 22.4 Å². The minimum atomic E-state index is -4.45. The normalized spacial score (nSPS) is 18.0. The highest BCUT2D eigenvalue weighted by atomic mass is 19.4. The molecule has 1 heterocycles. The number of alkyl halides is 3. The molecule has 1 atom stereocenters. The minimum absolute atomic E-state index is 0.158. The van der Waals surface area contributed by atoms with Crippen molar-refractivity contribution in [3.8, 4) is 0 Å². The summed E-state index contributed by atoms with van der Waals surface area (Å²) < 4.78 is 52.6. The predicted molar refractivity (Wildman–Crippen MR) is 86.6 cm³/mol. The lowest BCUT2D eigenvalue weighted by Crippen LogP contribution is -2.30.